The molecule has 0 aromatic carbocycles. The second-order valence-corrected chi connectivity index (χ2v) is 10.9. The standard InChI is InChI=1S/C20H40N5O12P/c26-14-17(28)11-24(15-38(35,36)37)10-16(27)9-21-1-2-22(12-18(29)30)3-4-23(13-19(31)32)6-8-25(7-5-21)20(33)34/h16-17,26-28H,1-15H2,(H,29,30)(H,31,32)(H,33,34)(H2,35,36,37). The lowest BCUT2D eigenvalue weighted by Gasteiger charge is -2.34. The molecule has 38 heavy (non-hydrogen) atoms. The van der Waals surface area contributed by atoms with Gasteiger partial charge in [-0.15, -0.1) is 0 Å². The molecular formula is C20H40N5O12P. The summed E-state index contributed by atoms with van der Waals surface area (Å²) in [5, 5.41) is 57.5. The van der Waals surface area contributed by atoms with Crippen molar-refractivity contribution in [3.63, 3.8) is 0 Å². The molecule has 1 rings (SSSR count). The number of rotatable bonds is 13. The monoisotopic (exact) mass is 573 g/mol. The van der Waals surface area contributed by atoms with Crippen molar-refractivity contribution in [2.45, 2.75) is 12.2 Å². The van der Waals surface area contributed by atoms with Gasteiger partial charge in [0.05, 0.1) is 31.9 Å². The molecule has 2 unspecified atom stereocenters. The zero-order valence-corrected chi connectivity index (χ0v) is 22.0. The summed E-state index contributed by atoms with van der Waals surface area (Å²) in [4.78, 5) is 60.0. The van der Waals surface area contributed by atoms with Crippen LogP contribution in [0.3, 0.4) is 0 Å². The van der Waals surface area contributed by atoms with Crippen molar-refractivity contribution in [2.24, 2.45) is 0 Å². The smallest absolute Gasteiger partial charge is 0.407 e. The van der Waals surface area contributed by atoms with Crippen LogP contribution in [-0.2, 0) is 14.2 Å². The SMILES string of the molecule is O=C(O)CN1CCN(CC(=O)O)CCN(C(=O)O)CCN(CC(O)CN(CC(O)CO)CP(=O)(O)O)CC1. The molecule has 0 radical (unpaired) electrons. The Morgan fingerprint density at radius 1 is 0.737 bits per heavy atom. The van der Waals surface area contributed by atoms with Crippen LogP contribution in [0.2, 0.25) is 0 Å². The first-order valence-electron chi connectivity index (χ1n) is 12.0. The topological polar surface area (TPSA) is 246 Å². The number of aliphatic carboxylic acids is 2. The van der Waals surface area contributed by atoms with Crippen LogP contribution in [0, 0.1) is 0 Å². The molecule has 222 valence electrons. The van der Waals surface area contributed by atoms with E-state index >= 15 is 0 Å². The first-order chi connectivity index (χ1) is 17.7. The number of aliphatic hydroxyl groups is 3. The summed E-state index contributed by atoms with van der Waals surface area (Å²) in [5.41, 5.74) is 0. The average molecular weight is 574 g/mol. The zero-order chi connectivity index (χ0) is 28.9. The Hall–Kier alpha value is -1.92. The minimum Gasteiger partial charge on any atom is -0.480 e. The molecule has 2 atom stereocenters. The second-order valence-electron chi connectivity index (χ2n) is 9.24. The van der Waals surface area contributed by atoms with E-state index in [1.165, 1.54) is 4.90 Å². The Morgan fingerprint density at radius 2 is 1.16 bits per heavy atom. The van der Waals surface area contributed by atoms with Crippen molar-refractivity contribution >= 4 is 25.6 Å². The Bertz CT molecular complexity index is 802. The van der Waals surface area contributed by atoms with Crippen LogP contribution < -0.4 is 0 Å². The third kappa shape index (κ3) is 15.5. The highest BCUT2D eigenvalue weighted by Crippen LogP contribution is 2.35. The Kier molecular flexibility index (Phi) is 15.2. The first-order valence-corrected chi connectivity index (χ1v) is 13.8. The number of hydrogen-bond donors (Lipinski definition) is 8. The van der Waals surface area contributed by atoms with Gasteiger partial charge in [-0.3, -0.25) is 33.8 Å². The molecule has 0 saturated carbocycles. The highest BCUT2D eigenvalue weighted by Gasteiger charge is 2.26. The van der Waals surface area contributed by atoms with Crippen LogP contribution in [0.25, 0.3) is 0 Å². The molecule has 0 spiro atoms. The average Bonchev–Trinajstić information content (AvgIpc) is 2.76. The molecule has 1 heterocycles. The van der Waals surface area contributed by atoms with Crippen molar-refractivity contribution in [1.82, 2.24) is 24.5 Å². The van der Waals surface area contributed by atoms with Crippen molar-refractivity contribution in [2.75, 3.05) is 98.0 Å². The maximum Gasteiger partial charge on any atom is 0.407 e. The zero-order valence-electron chi connectivity index (χ0n) is 21.2. The lowest BCUT2D eigenvalue weighted by Crippen LogP contribution is -2.50. The summed E-state index contributed by atoms with van der Waals surface area (Å²) in [6.45, 7) is -0.792. The third-order valence-electron chi connectivity index (χ3n) is 5.83. The molecule has 0 bridgehead atoms. The molecule has 1 aliphatic rings. The van der Waals surface area contributed by atoms with E-state index in [0.29, 0.717) is 0 Å². The molecule has 0 aromatic heterocycles. The molecule has 0 aliphatic carbocycles. The largest absolute Gasteiger partial charge is 0.480 e. The minimum atomic E-state index is -4.54. The number of β-amino-alcohol motifs (C(OH)–C–C–N with tert-alkyl or cyclic N) is 1. The van der Waals surface area contributed by atoms with Crippen LogP contribution in [-0.4, -0.2) is 193 Å². The third-order valence-corrected chi connectivity index (χ3v) is 6.60. The van der Waals surface area contributed by atoms with Gasteiger partial charge in [-0.25, -0.2) is 4.79 Å². The van der Waals surface area contributed by atoms with Crippen LogP contribution in [0.1, 0.15) is 0 Å². The van der Waals surface area contributed by atoms with Gasteiger partial charge in [0.25, 0.3) is 0 Å². The summed E-state index contributed by atoms with van der Waals surface area (Å²) in [6.07, 6.45) is -4.44. The number of amides is 1. The quantitative estimate of drug-likeness (QED) is 0.0984. The van der Waals surface area contributed by atoms with E-state index in [9.17, 15) is 49.2 Å². The molecule has 8 N–H and O–H groups in total. The van der Waals surface area contributed by atoms with Gasteiger partial charge < -0.3 is 45.3 Å². The number of hydrogen-bond acceptors (Lipinski definition) is 11. The fourth-order valence-electron chi connectivity index (χ4n) is 4.07. The van der Waals surface area contributed by atoms with Gasteiger partial charge in [0.15, 0.2) is 0 Å². The summed E-state index contributed by atoms with van der Waals surface area (Å²) < 4.78 is 11.5. The molecule has 1 amide bonds. The van der Waals surface area contributed by atoms with Gasteiger partial charge >= 0.3 is 25.6 Å². The fourth-order valence-corrected chi connectivity index (χ4v) is 4.82. The van der Waals surface area contributed by atoms with Gasteiger partial charge in [-0.05, 0) is 0 Å². The van der Waals surface area contributed by atoms with E-state index in [0.717, 1.165) is 9.80 Å². The highest BCUT2D eigenvalue weighted by molar-refractivity contribution is 7.51. The van der Waals surface area contributed by atoms with E-state index in [4.69, 9.17) is 10.2 Å². The Labute approximate surface area is 220 Å². The molecule has 1 saturated heterocycles. The van der Waals surface area contributed by atoms with E-state index < -0.39 is 50.7 Å². The van der Waals surface area contributed by atoms with E-state index in [2.05, 4.69) is 0 Å². The Morgan fingerprint density at radius 3 is 1.58 bits per heavy atom. The molecule has 17 nitrogen and oxygen atoms in total. The second kappa shape index (κ2) is 16.9. The molecule has 0 aromatic rings. The van der Waals surface area contributed by atoms with E-state index in [1.54, 1.807) is 9.80 Å². The van der Waals surface area contributed by atoms with Crippen LogP contribution in [0.4, 0.5) is 4.79 Å². The predicted octanol–water partition coefficient (Wildman–Crippen LogP) is -3.79. The van der Waals surface area contributed by atoms with E-state index in [-0.39, 0.29) is 85.1 Å². The van der Waals surface area contributed by atoms with Crippen LogP contribution in [0.5, 0.6) is 0 Å². The van der Waals surface area contributed by atoms with Crippen LogP contribution >= 0.6 is 7.60 Å². The first kappa shape index (κ1) is 34.1. The highest BCUT2D eigenvalue weighted by atomic mass is 31.2. The maximum absolute atomic E-state index is 11.7. The summed E-state index contributed by atoms with van der Waals surface area (Å²) in [5.74, 6) is -2.18. The number of carboxylic acid groups (broad SMARTS) is 3. The van der Waals surface area contributed by atoms with Crippen molar-refractivity contribution in [1.29, 1.82) is 0 Å². The van der Waals surface area contributed by atoms with Crippen molar-refractivity contribution in [3.8, 4) is 0 Å². The van der Waals surface area contributed by atoms with Crippen molar-refractivity contribution < 1.29 is 59.4 Å². The number of carbonyl (C=O) groups is 3. The van der Waals surface area contributed by atoms with E-state index in [1.807, 2.05) is 0 Å². The summed E-state index contributed by atoms with van der Waals surface area (Å²) in [7, 11) is -4.54. The molecule has 1 fully saturated rings. The van der Waals surface area contributed by atoms with Gasteiger partial charge in [-0.2, -0.15) is 0 Å². The van der Waals surface area contributed by atoms with Crippen LogP contribution in [0.15, 0.2) is 0 Å². The summed E-state index contributed by atoms with van der Waals surface area (Å²) >= 11 is 0. The molecule has 1 aliphatic heterocycles. The van der Waals surface area contributed by atoms with Gasteiger partial charge in [-0.1, -0.05) is 0 Å². The van der Waals surface area contributed by atoms with Gasteiger partial charge in [0, 0.05) is 72.0 Å². The maximum atomic E-state index is 11.7. The summed E-state index contributed by atoms with van der Waals surface area (Å²) in [6, 6.07) is 0. The predicted molar refractivity (Wildman–Crippen MR) is 132 cm³/mol. The number of nitrogens with zero attached hydrogens (tertiary/aromatic N) is 5. The van der Waals surface area contributed by atoms with Gasteiger partial charge in [0.2, 0.25) is 0 Å². The Balaban J connectivity index is 2.99. The van der Waals surface area contributed by atoms with Gasteiger partial charge in [0.1, 0.15) is 6.29 Å². The minimum absolute atomic E-state index is 0.00699. The lowest BCUT2D eigenvalue weighted by atomic mass is 10.2. The number of aliphatic hydroxyl groups excluding tert-OH is 3. The molecular weight excluding hydrogens is 533 g/mol. The lowest BCUT2D eigenvalue weighted by molar-refractivity contribution is -0.140. The normalized spacial score (nSPS) is 19.5. The fraction of sp³-hybridized carbons (Fsp3) is 0.850. The van der Waals surface area contributed by atoms with Crippen molar-refractivity contribution in [3.05, 3.63) is 0 Å². The number of carboxylic acids is 2. The molecule has 18 heteroatoms.